The molecule has 7 heteroatoms. The monoisotopic (exact) mass is 384 g/mol. The summed E-state index contributed by atoms with van der Waals surface area (Å²) in [7, 11) is 3.47. The van der Waals surface area contributed by atoms with Crippen molar-refractivity contribution >= 4 is 17.2 Å². The maximum Gasteiger partial charge on any atom is 0.307 e. The molecule has 0 aliphatic carbocycles. The Bertz CT molecular complexity index is 972. The van der Waals surface area contributed by atoms with Crippen LogP contribution >= 0.6 is 11.3 Å². The molecule has 0 saturated carbocycles. The number of thiazole rings is 1. The summed E-state index contributed by atoms with van der Waals surface area (Å²) in [4.78, 5) is 27.2. The highest BCUT2D eigenvalue weighted by atomic mass is 32.1. The van der Waals surface area contributed by atoms with E-state index in [1.807, 2.05) is 48.5 Å². The highest BCUT2D eigenvalue weighted by Crippen LogP contribution is 2.25. The number of likely N-dealkylation sites (N-methyl/N-ethyl adjacent to an activating group) is 1. The van der Waals surface area contributed by atoms with Crippen molar-refractivity contribution in [3.05, 3.63) is 74.2 Å². The first-order chi connectivity index (χ1) is 12.9. The van der Waals surface area contributed by atoms with Crippen molar-refractivity contribution in [2.24, 2.45) is 0 Å². The number of benzene rings is 2. The van der Waals surface area contributed by atoms with Gasteiger partial charge in [0.05, 0.1) is 11.3 Å². The van der Waals surface area contributed by atoms with Crippen LogP contribution in [0.15, 0.2) is 53.3 Å². The van der Waals surface area contributed by atoms with E-state index in [1.165, 1.54) is 0 Å². The number of carbonyl (C=O) groups is 1. The number of aromatic hydroxyl groups is 1. The summed E-state index contributed by atoms with van der Waals surface area (Å²) in [5, 5.41) is 9.66. The standard InChI is InChI=1S/C20H20N2O4S/c1-22(2)18(23)12-14-5-9-16(10-6-14)26-15-7-3-13(4-8-15)11-17-19(24)21-20(25)27-17/h3-10,24H,11-12H2,1-2H3,(H,21,25). The first kappa shape index (κ1) is 18.7. The molecule has 1 aromatic heterocycles. The first-order valence-corrected chi connectivity index (χ1v) is 9.19. The molecule has 0 aliphatic heterocycles. The second-order valence-corrected chi connectivity index (χ2v) is 7.39. The van der Waals surface area contributed by atoms with Crippen LogP contribution in [0.2, 0.25) is 0 Å². The van der Waals surface area contributed by atoms with Gasteiger partial charge in [0.15, 0.2) is 0 Å². The van der Waals surface area contributed by atoms with E-state index in [2.05, 4.69) is 4.98 Å². The third-order valence-electron chi connectivity index (χ3n) is 4.00. The quantitative estimate of drug-likeness (QED) is 0.684. The van der Waals surface area contributed by atoms with Crippen LogP contribution in [0.5, 0.6) is 17.4 Å². The van der Waals surface area contributed by atoms with E-state index in [9.17, 15) is 14.7 Å². The van der Waals surface area contributed by atoms with E-state index in [1.54, 1.807) is 19.0 Å². The summed E-state index contributed by atoms with van der Waals surface area (Å²) in [5.74, 6) is 1.35. The Hall–Kier alpha value is -3.06. The summed E-state index contributed by atoms with van der Waals surface area (Å²) in [6, 6.07) is 14.9. The van der Waals surface area contributed by atoms with Gasteiger partial charge in [-0.1, -0.05) is 35.6 Å². The number of aromatic amines is 1. The van der Waals surface area contributed by atoms with Gasteiger partial charge in [0.2, 0.25) is 11.8 Å². The van der Waals surface area contributed by atoms with Gasteiger partial charge in [-0.2, -0.15) is 0 Å². The highest BCUT2D eigenvalue weighted by molar-refractivity contribution is 7.09. The number of nitrogens with one attached hydrogen (secondary N) is 1. The predicted molar refractivity (Wildman–Crippen MR) is 105 cm³/mol. The summed E-state index contributed by atoms with van der Waals surface area (Å²) >= 11 is 1.00. The summed E-state index contributed by atoms with van der Waals surface area (Å²) in [5.41, 5.74) is 1.90. The van der Waals surface area contributed by atoms with Crippen LogP contribution < -0.4 is 9.61 Å². The van der Waals surface area contributed by atoms with Crippen molar-refractivity contribution in [3.8, 4) is 17.4 Å². The molecule has 6 nitrogen and oxygen atoms in total. The fraction of sp³-hybridized carbons (Fsp3) is 0.200. The van der Waals surface area contributed by atoms with Gasteiger partial charge in [0.25, 0.3) is 0 Å². The Kier molecular flexibility index (Phi) is 5.61. The lowest BCUT2D eigenvalue weighted by atomic mass is 10.1. The lowest BCUT2D eigenvalue weighted by Crippen LogP contribution is -2.23. The van der Waals surface area contributed by atoms with Crippen molar-refractivity contribution in [1.29, 1.82) is 0 Å². The molecule has 1 heterocycles. The van der Waals surface area contributed by atoms with E-state index in [-0.39, 0.29) is 16.7 Å². The molecule has 3 rings (SSSR count). The van der Waals surface area contributed by atoms with Crippen LogP contribution in [0.1, 0.15) is 16.0 Å². The third-order valence-corrected chi connectivity index (χ3v) is 4.87. The minimum atomic E-state index is -0.266. The number of aromatic nitrogens is 1. The van der Waals surface area contributed by atoms with Crippen molar-refractivity contribution in [3.63, 3.8) is 0 Å². The van der Waals surface area contributed by atoms with Crippen LogP contribution in [0, 0.1) is 0 Å². The highest BCUT2D eigenvalue weighted by Gasteiger charge is 2.08. The van der Waals surface area contributed by atoms with Crippen molar-refractivity contribution in [2.75, 3.05) is 14.1 Å². The van der Waals surface area contributed by atoms with Gasteiger partial charge < -0.3 is 14.7 Å². The Labute approximate surface area is 160 Å². The van der Waals surface area contributed by atoms with Gasteiger partial charge in [-0.25, -0.2) is 0 Å². The SMILES string of the molecule is CN(C)C(=O)Cc1ccc(Oc2ccc(Cc3sc(=O)[nH]c3O)cc2)cc1. The van der Waals surface area contributed by atoms with E-state index in [0.717, 1.165) is 22.5 Å². The summed E-state index contributed by atoms with van der Waals surface area (Å²) < 4.78 is 5.82. The van der Waals surface area contributed by atoms with Crippen LogP contribution in [0.3, 0.4) is 0 Å². The average molecular weight is 384 g/mol. The Morgan fingerprint density at radius 1 is 1.04 bits per heavy atom. The normalized spacial score (nSPS) is 10.6. The largest absolute Gasteiger partial charge is 0.494 e. The predicted octanol–water partition coefficient (Wildman–Crippen LogP) is 3.16. The average Bonchev–Trinajstić information content (AvgIpc) is 2.95. The van der Waals surface area contributed by atoms with Gasteiger partial charge in [-0.3, -0.25) is 14.6 Å². The zero-order chi connectivity index (χ0) is 19.4. The molecule has 3 aromatic rings. The number of rotatable bonds is 6. The molecule has 2 aromatic carbocycles. The molecular weight excluding hydrogens is 364 g/mol. The third kappa shape index (κ3) is 4.98. The van der Waals surface area contributed by atoms with Gasteiger partial charge >= 0.3 is 4.87 Å². The van der Waals surface area contributed by atoms with Crippen LogP contribution in [-0.2, 0) is 17.6 Å². The molecule has 0 aliphatic rings. The van der Waals surface area contributed by atoms with Crippen molar-refractivity contribution < 1.29 is 14.6 Å². The second-order valence-electron chi connectivity index (χ2n) is 6.32. The number of nitrogens with zero attached hydrogens (tertiary/aromatic N) is 1. The van der Waals surface area contributed by atoms with Gasteiger partial charge in [0.1, 0.15) is 11.5 Å². The second kappa shape index (κ2) is 8.09. The molecule has 0 unspecified atom stereocenters. The first-order valence-electron chi connectivity index (χ1n) is 8.37. The molecule has 0 radical (unpaired) electrons. The van der Waals surface area contributed by atoms with Crippen molar-refractivity contribution in [2.45, 2.75) is 12.8 Å². The summed E-state index contributed by atoms with van der Waals surface area (Å²) in [6.07, 6.45) is 0.837. The lowest BCUT2D eigenvalue weighted by molar-refractivity contribution is -0.127. The Morgan fingerprint density at radius 3 is 2.07 bits per heavy atom. The van der Waals surface area contributed by atoms with Gasteiger partial charge in [-0.05, 0) is 35.4 Å². The molecule has 0 atom stereocenters. The maximum absolute atomic E-state index is 11.7. The molecule has 2 N–H and O–H groups in total. The molecule has 0 saturated heterocycles. The minimum Gasteiger partial charge on any atom is -0.494 e. The fourth-order valence-electron chi connectivity index (χ4n) is 2.48. The number of H-pyrrole nitrogens is 1. The zero-order valence-corrected chi connectivity index (χ0v) is 15.9. The van der Waals surface area contributed by atoms with E-state index in [4.69, 9.17) is 4.74 Å². The van der Waals surface area contributed by atoms with E-state index >= 15 is 0 Å². The number of carbonyl (C=O) groups excluding carboxylic acids is 1. The van der Waals surface area contributed by atoms with Crippen molar-refractivity contribution in [1.82, 2.24) is 9.88 Å². The zero-order valence-electron chi connectivity index (χ0n) is 15.1. The number of hydrogen-bond donors (Lipinski definition) is 2. The van der Waals surface area contributed by atoms with Gasteiger partial charge in [0, 0.05) is 20.5 Å². The summed E-state index contributed by atoms with van der Waals surface area (Å²) in [6.45, 7) is 0. The Balaban J connectivity index is 1.62. The fourth-order valence-corrected chi connectivity index (χ4v) is 3.23. The van der Waals surface area contributed by atoms with Crippen LogP contribution in [-0.4, -0.2) is 35.0 Å². The molecule has 140 valence electrons. The van der Waals surface area contributed by atoms with Crippen LogP contribution in [0.4, 0.5) is 0 Å². The smallest absolute Gasteiger partial charge is 0.307 e. The number of ether oxygens (including phenoxy) is 1. The molecule has 0 spiro atoms. The number of hydrogen-bond acceptors (Lipinski definition) is 5. The maximum atomic E-state index is 11.7. The van der Waals surface area contributed by atoms with E-state index < -0.39 is 0 Å². The molecule has 27 heavy (non-hydrogen) atoms. The molecular formula is C20H20N2O4S. The minimum absolute atomic E-state index is 0.0535. The number of amides is 1. The van der Waals surface area contributed by atoms with E-state index in [0.29, 0.717) is 29.2 Å². The molecule has 1 amide bonds. The topological polar surface area (TPSA) is 82.6 Å². The van der Waals surface area contributed by atoms with Gasteiger partial charge in [-0.15, -0.1) is 0 Å². The molecule has 0 bridgehead atoms. The Morgan fingerprint density at radius 2 is 1.59 bits per heavy atom. The molecule has 0 fully saturated rings. The van der Waals surface area contributed by atoms with Crippen LogP contribution in [0.25, 0.3) is 0 Å². The lowest BCUT2D eigenvalue weighted by Gasteiger charge is -2.11.